The topological polar surface area (TPSA) is 86.4 Å². The van der Waals surface area contributed by atoms with Crippen LogP contribution < -0.4 is 15.2 Å². The van der Waals surface area contributed by atoms with Crippen LogP contribution in [0.4, 0.5) is 0 Å². The van der Waals surface area contributed by atoms with Gasteiger partial charge >= 0.3 is 0 Å². The van der Waals surface area contributed by atoms with Gasteiger partial charge in [0.05, 0.1) is 32.1 Å². The van der Waals surface area contributed by atoms with Crippen molar-refractivity contribution in [1.29, 1.82) is 0 Å². The van der Waals surface area contributed by atoms with Crippen molar-refractivity contribution in [1.82, 2.24) is 4.90 Å². The van der Waals surface area contributed by atoms with Crippen molar-refractivity contribution in [3.63, 3.8) is 0 Å². The first kappa shape index (κ1) is 33.2. The molecule has 0 spiro atoms. The van der Waals surface area contributed by atoms with Crippen LogP contribution in [0.15, 0.2) is 18.2 Å². The molecule has 0 radical (unpaired) electrons. The molecule has 200 valence electrons. The zero-order valence-electron chi connectivity index (χ0n) is 21.4. The number of rotatable bonds is 15. The highest BCUT2D eigenvalue weighted by molar-refractivity contribution is 5.85. The lowest BCUT2D eigenvalue weighted by Crippen LogP contribution is -2.49. The second-order valence-corrected chi connectivity index (χ2v) is 9.16. The van der Waals surface area contributed by atoms with Crippen LogP contribution in [0.2, 0.25) is 0 Å². The van der Waals surface area contributed by atoms with Gasteiger partial charge in [0.2, 0.25) is 0 Å². The summed E-state index contributed by atoms with van der Waals surface area (Å²) in [6.07, 6.45) is 3.68. The van der Waals surface area contributed by atoms with Gasteiger partial charge in [-0.2, -0.15) is 0 Å². The molecule has 34 heavy (non-hydrogen) atoms. The van der Waals surface area contributed by atoms with Gasteiger partial charge in [-0.25, -0.2) is 0 Å². The molecule has 0 saturated carbocycles. The average Bonchev–Trinajstić information content (AvgIpc) is 3.28. The van der Waals surface area contributed by atoms with Crippen LogP contribution in [0.5, 0.6) is 11.5 Å². The van der Waals surface area contributed by atoms with Gasteiger partial charge in [-0.1, -0.05) is 19.9 Å². The molecule has 0 amide bonds. The quantitative estimate of drug-likeness (QED) is 0.336. The molecule has 9 heteroatoms. The number of likely N-dealkylation sites (tertiary alicyclic amines) is 1. The Morgan fingerprint density at radius 2 is 1.82 bits per heavy atom. The maximum Gasteiger partial charge on any atom is 0.161 e. The number of benzene rings is 1. The predicted molar refractivity (Wildman–Crippen MR) is 142 cm³/mol. The Morgan fingerprint density at radius 3 is 2.41 bits per heavy atom. The predicted octanol–water partition coefficient (Wildman–Crippen LogP) is 3.92. The molecule has 0 bridgehead atoms. The van der Waals surface area contributed by atoms with Crippen LogP contribution in [0.25, 0.3) is 0 Å². The highest BCUT2D eigenvalue weighted by Gasteiger charge is 2.30. The van der Waals surface area contributed by atoms with Gasteiger partial charge in [-0.15, -0.1) is 24.8 Å². The molecule has 7 nitrogen and oxygen atoms in total. The molecule has 1 aliphatic rings. The molecule has 1 aliphatic heterocycles. The lowest BCUT2D eigenvalue weighted by atomic mass is 9.84. The van der Waals surface area contributed by atoms with Crippen LogP contribution in [0, 0.1) is 11.8 Å². The Balaban J connectivity index is 0.00000544. The first-order chi connectivity index (χ1) is 15.4. The Kier molecular flexibility index (Phi) is 17.2. The van der Waals surface area contributed by atoms with E-state index in [1.807, 2.05) is 6.07 Å². The van der Waals surface area contributed by atoms with Crippen molar-refractivity contribution in [2.24, 2.45) is 17.6 Å². The summed E-state index contributed by atoms with van der Waals surface area (Å²) >= 11 is 0. The number of ether oxygens (including phenoxy) is 4. The lowest BCUT2D eigenvalue weighted by Gasteiger charge is -2.30. The first-order valence-corrected chi connectivity index (χ1v) is 11.9. The van der Waals surface area contributed by atoms with Crippen molar-refractivity contribution in [3.8, 4) is 11.5 Å². The van der Waals surface area contributed by atoms with E-state index < -0.39 is 6.10 Å². The maximum absolute atomic E-state index is 10.7. The maximum atomic E-state index is 10.7. The fourth-order valence-electron chi connectivity index (χ4n) is 4.34. The fourth-order valence-corrected chi connectivity index (χ4v) is 4.34. The molecule has 1 aromatic rings. The molecule has 0 aliphatic carbocycles. The van der Waals surface area contributed by atoms with E-state index in [4.69, 9.17) is 24.7 Å². The third-order valence-corrected chi connectivity index (χ3v) is 6.58. The molecule has 3 N–H and O–H groups in total. The third kappa shape index (κ3) is 10.4. The van der Waals surface area contributed by atoms with Gasteiger partial charge in [0.25, 0.3) is 0 Å². The minimum absolute atomic E-state index is 0. The summed E-state index contributed by atoms with van der Waals surface area (Å²) in [5.41, 5.74) is 7.57. The zero-order chi connectivity index (χ0) is 23.5. The van der Waals surface area contributed by atoms with E-state index in [2.05, 4.69) is 30.9 Å². The van der Waals surface area contributed by atoms with Gasteiger partial charge in [-0.3, -0.25) is 4.90 Å². The molecule has 1 fully saturated rings. The second kappa shape index (κ2) is 17.6. The fraction of sp³-hybridized carbons (Fsp3) is 0.760. The molecule has 4 atom stereocenters. The number of aliphatic hydroxyl groups excluding tert-OH is 1. The van der Waals surface area contributed by atoms with Gasteiger partial charge in [0, 0.05) is 40.3 Å². The van der Waals surface area contributed by atoms with E-state index in [9.17, 15) is 5.11 Å². The summed E-state index contributed by atoms with van der Waals surface area (Å²) in [4.78, 5) is 2.14. The summed E-state index contributed by atoms with van der Waals surface area (Å²) in [6.45, 7) is 7.42. The van der Waals surface area contributed by atoms with Crippen molar-refractivity contribution >= 4 is 24.8 Å². The summed E-state index contributed by atoms with van der Waals surface area (Å²) in [5, 5.41) is 10.7. The number of hydrogen-bond donors (Lipinski definition) is 2. The summed E-state index contributed by atoms with van der Waals surface area (Å²) < 4.78 is 21.9. The monoisotopic (exact) mass is 524 g/mol. The molecular weight excluding hydrogens is 479 g/mol. The smallest absolute Gasteiger partial charge is 0.161 e. The van der Waals surface area contributed by atoms with E-state index in [0.717, 1.165) is 50.3 Å². The zero-order valence-corrected chi connectivity index (χ0v) is 23.0. The number of aliphatic hydroxyl groups is 1. The van der Waals surface area contributed by atoms with E-state index >= 15 is 0 Å². The normalized spacial score (nSPS) is 18.6. The third-order valence-electron chi connectivity index (χ3n) is 6.58. The van der Waals surface area contributed by atoms with Gasteiger partial charge < -0.3 is 29.8 Å². The minimum Gasteiger partial charge on any atom is -0.493 e. The molecular formula is C25H46Cl2N2O5. The van der Waals surface area contributed by atoms with Gasteiger partial charge in [0.1, 0.15) is 0 Å². The van der Waals surface area contributed by atoms with Crippen LogP contribution in [0.1, 0.15) is 45.1 Å². The number of hydrogen-bond acceptors (Lipinski definition) is 7. The standard InChI is InChI=1S/C25H44N2O5.2ClH/c1-18(2)20(8-9-22(28)25(26)27-12-11-21(17-27)30-4)15-19-7-10-23(31-5)24(16-19)32-14-6-13-29-3;;/h7,10,16,18,20-22,25,28H,6,8-9,11-15,17,26H2,1-5H3;2*1H/t20-,21+,22-,25-;;/m0../s1. The largest absolute Gasteiger partial charge is 0.493 e. The summed E-state index contributed by atoms with van der Waals surface area (Å²) in [7, 11) is 5.09. The van der Waals surface area contributed by atoms with Crippen molar-refractivity contribution in [3.05, 3.63) is 23.8 Å². The van der Waals surface area contributed by atoms with Crippen LogP contribution in [-0.4, -0.2) is 76.0 Å². The Labute approximate surface area is 218 Å². The van der Waals surface area contributed by atoms with Gasteiger partial charge in [-0.05, 0) is 55.2 Å². The van der Waals surface area contributed by atoms with E-state index in [1.165, 1.54) is 5.56 Å². The molecule has 1 saturated heterocycles. The SMILES string of the molecule is COCCCOc1cc(C[C@H](CC[C@H](O)[C@@H](N)N2CC[C@@H](OC)C2)C(C)C)ccc1OC.Cl.Cl. The second-order valence-electron chi connectivity index (χ2n) is 9.16. The molecule has 1 aromatic carbocycles. The Hall–Kier alpha value is -0.800. The van der Waals surface area contributed by atoms with Crippen molar-refractivity contribution < 1.29 is 24.1 Å². The number of nitrogens with two attached hydrogens (primary N) is 1. The van der Waals surface area contributed by atoms with Crippen LogP contribution >= 0.6 is 24.8 Å². The van der Waals surface area contributed by atoms with Crippen molar-refractivity contribution in [2.45, 2.75) is 64.3 Å². The molecule has 0 aromatic heterocycles. The lowest BCUT2D eigenvalue weighted by molar-refractivity contribution is 0.0397. The van der Waals surface area contributed by atoms with E-state index in [0.29, 0.717) is 31.5 Å². The molecule has 1 heterocycles. The average molecular weight is 526 g/mol. The van der Waals surface area contributed by atoms with Crippen LogP contribution in [0.3, 0.4) is 0 Å². The van der Waals surface area contributed by atoms with E-state index in [-0.39, 0.29) is 37.1 Å². The number of methoxy groups -OCH3 is 3. The summed E-state index contributed by atoms with van der Waals surface area (Å²) in [5.74, 6) is 2.45. The first-order valence-electron chi connectivity index (χ1n) is 11.9. The highest BCUT2D eigenvalue weighted by atomic mass is 35.5. The van der Waals surface area contributed by atoms with Crippen LogP contribution in [-0.2, 0) is 15.9 Å². The van der Waals surface area contributed by atoms with Gasteiger partial charge in [0.15, 0.2) is 11.5 Å². The highest BCUT2D eigenvalue weighted by Crippen LogP contribution is 2.31. The number of nitrogens with zero attached hydrogens (tertiary/aromatic N) is 1. The van der Waals surface area contributed by atoms with Crippen molar-refractivity contribution in [2.75, 3.05) is 47.6 Å². The Bertz CT molecular complexity index is 668. The Morgan fingerprint density at radius 1 is 1.09 bits per heavy atom. The number of halogens is 2. The minimum atomic E-state index is -0.539. The molecule has 2 rings (SSSR count). The molecule has 0 unspecified atom stereocenters. The summed E-state index contributed by atoms with van der Waals surface area (Å²) in [6, 6.07) is 6.16. The van der Waals surface area contributed by atoms with E-state index in [1.54, 1.807) is 21.3 Å².